The molecule has 6 heteroatoms. The molecule has 2 aromatic carbocycles. The van der Waals surface area contributed by atoms with E-state index in [0.717, 1.165) is 6.07 Å². The van der Waals surface area contributed by atoms with E-state index in [4.69, 9.17) is 27.5 Å². The SMILES string of the molecule is N=C(N)c1ccc(OCc2cccc(F)c2F)c(Cl)c1. The fourth-order valence-electron chi connectivity index (χ4n) is 1.60. The summed E-state index contributed by atoms with van der Waals surface area (Å²) < 4.78 is 31.8. The second-order valence-corrected chi connectivity index (χ2v) is 4.47. The van der Waals surface area contributed by atoms with Gasteiger partial charge in [-0.25, -0.2) is 8.78 Å². The molecule has 0 aliphatic heterocycles. The normalized spacial score (nSPS) is 10.3. The van der Waals surface area contributed by atoms with Crippen molar-refractivity contribution in [2.24, 2.45) is 5.73 Å². The summed E-state index contributed by atoms with van der Waals surface area (Å²) in [6, 6.07) is 8.42. The topological polar surface area (TPSA) is 59.1 Å². The molecule has 0 spiro atoms. The first-order chi connectivity index (χ1) is 9.49. The largest absolute Gasteiger partial charge is 0.487 e. The molecular weight excluding hydrogens is 286 g/mol. The van der Waals surface area contributed by atoms with Gasteiger partial charge in [-0.2, -0.15) is 0 Å². The highest BCUT2D eigenvalue weighted by atomic mass is 35.5. The zero-order valence-electron chi connectivity index (χ0n) is 10.3. The van der Waals surface area contributed by atoms with Gasteiger partial charge in [0.15, 0.2) is 11.6 Å². The molecule has 0 aromatic heterocycles. The number of amidine groups is 1. The van der Waals surface area contributed by atoms with E-state index in [9.17, 15) is 8.78 Å². The van der Waals surface area contributed by atoms with Gasteiger partial charge in [0, 0.05) is 11.1 Å². The summed E-state index contributed by atoms with van der Waals surface area (Å²) in [5.74, 6) is -1.68. The Morgan fingerprint density at radius 3 is 2.65 bits per heavy atom. The number of halogens is 3. The van der Waals surface area contributed by atoms with Crippen LogP contribution in [0.4, 0.5) is 8.78 Å². The van der Waals surface area contributed by atoms with E-state index in [2.05, 4.69) is 0 Å². The van der Waals surface area contributed by atoms with Gasteiger partial charge in [-0.3, -0.25) is 5.41 Å². The molecule has 0 aliphatic rings. The van der Waals surface area contributed by atoms with Crippen molar-refractivity contribution in [3.8, 4) is 5.75 Å². The Kier molecular flexibility index (Phi) is 4.20. The van der Waals surface area contributed by atoms with Crippen molar-refractivity contribution in [2.75, 3.05) is 0 Å². The molecule has 0 aliphatic carbocycles. The number of rotatable bonds is 4. The third-order valence-electron chi connectivity index (χ3n) is 2.66. The number of nitrogens with two attached hydrogens (primary N) is 1. The van der Waals surface area contributed by atoms with Crippen molar-refractivity contribution < 1.29 is 13.5 Å². The van der Waals surface area contributed by atoms with Gasteiger partial charge in [0.2, 0.25) is 0 Å². The van der Waals surface area contributed by atoms with Gasteiger partial charge in [0.25, 0.3) is 0 Å². The molecule has 0 heterocycles. The molecule has 0 saturated carbocycles. The van der Waals surface area contributed by atoms with Gasteiger partial charge >= 0.3 is 0 Å². The smallest absolute Gasteiger partial charge is 0.165 e. The molecule has 3 nitrogen and oxygen atoms in total. The summed E-state index contributed by atoms with van der Waals surface area (Å²) in [6.45, 7) is -0.150. The Labute approximate surface area is 119 Å². The van der Waals surface area contributed by atoms with E-state index in [-0.39, 0.29) is 23.0 Å². The second kappa shape index (κ2) is 5.88. The monoisotopic (exact) mass is 296 g/mol. The van der Waals surface area contributed by atoms with Crippen LogP contribution in [0.25, 0.3) is 0 Å². The summed E-state index contributed by atoms with van der Waals surface area (Å²) >= 11 is 5.97. The van der Waals surface area contributed by atoms with Crippen LogP contribution in [0.3, 0.4) is 0 Å². The van der Waals surface area contributed by atoms with Gasteiger partial charge in [-0.15, -0.1) is 0 Å². The molecule has 3 N–H and O–H groups in total. The summed E-state index contributed by atoms with van der Waals surface area (Å²) in [7, 11) is 0. The van der Waals surface area contributed by atoms with Crippen LogP contribution in [0, 0.1) is 17.0 Å². The van der Waals surface area contributed by atoms with Crippen LogP contribution in [-0.4, -0.2) is 5.84 Å². The van der Waals surface area contributed by atoms with Crippen LogP contribution in [-0.2, 0) is 6.61 Å². The summed E-state index contributed by atoms with van der Waals surface area (Å²) in [4.78, 5) is 0. The maximum atomic E-state index is 13.4. The lowest BCUT2D eigenvalue weighted by atomic mass is 10.2. The Morgan fingerprint density at radius 1 is 1.25 bits per heavy atom. The minimum absolute atomic E-state index is 0.0942. The molecule has 0 radical (unpaired) electrons. The molecule has 104 valence electrons. The first kappa shape index (κ1) is 14.3. The van der Waals surface area contributed by atoms with Crippen molar-refractivity contribution >= 4 is 17.4 Å². The predicted octanol–water partition coefficient (Wildman–Crippen LogP) is 3.48. The fourth-order valence-corrected chi connectivity index (χ4v) is 1.84. The highest BCUT2D eigenvalue weighted by Gasteiger charge is 2.10. The molecule has 0 fully saturated rings. The first-order valence-corrected chi connectivity index (χ1v) is 6.06. The van der Waals surface area contributed by atoms with Crippen LogP contribution in [0.1, 0.15) is 11.1 Å². The van der Waals surface area contributed by atoms with Gasteiger partial charge < -0.3 is 10.5 Å². The van der Waals surface area contributed by atoms with Crippen molar-refractivity contribution in [1.82, 2.24) is 0 Å². The van der Waals surface area contributed by atoms with Gasteiger partial charge in [-0.1, -0.05) is 23.7 Å². The van der Waals surface area contributed by atoms with Gasteiger partial charge in [-0.05, 0) is 24.3 Å². The van der Waals surface area contributed by atoms with Gasteiger partial charge in [0.1, 0.15) is 18.2 Å². The van der Waals surface area contributed by atoms with E-state index in [1.807, 2.05) is 0 Å². The highest BCUT2D eigenvalue weighted by Crippen LogP contribution is 2.26. The zero-order valence-corrected chi connectivity index (χ0v) is 11.0. The minimum atomic E-state index is -0.941. The van der Waals surface area contributed by atoms with Crippen molar-refractivity contribution in [2.45, 2.75) is 6.61 Å². The van der Waals surface area contributed by atoms with E-state index in [1.165, 1.54) is 24.3 Å². The summed E-state index contributed by atoms with van der Waals surface area (Å²) in [5, 5.41) is 7.52. The fraction of sp³-hybridized carbons (Fsp3) is 0.0714. The molecule has 2 rings (SSSR count). The van der Waals surface area contributed by atoms with E-state index < -0.39 is 11.6 Å². The third-order valence-corrected chi connectivity index (χ3v) is 2.95. The van der Waals surface area contributed by atoms with E-state index in [0.29, 0.717) is 11.3 Å². The minimum Gasteiger partial charge on any atom is -0.487 e. The average Bonchev–Trinajstić information content (AvgIpc) is 2.41. The summed E-state index contributed by atoms with van der Waals surface area (Å²) in [6.07, 6.45) is 0. The number of nitrogens with one attached hydrogen (secondary N) is 1. The summed E-state index contributed by atoms with van der Waals surface area (Å²) in [5.41, 5.74) is 5.88. The van der Waals surface area contributed by atoms with E-state index in [1.54, 1.807) is 6.07 Å². The predicted molar refractivity (Wildman–Crippen MR) is 73.2 cm³/mol. The van der Waals surface area contributed by atoms with Crippen LogP contribution < -0.4 is 10.5 Å². The van der Waals surface area contributed by atoms with Crippen molar-refractivity contribution in [3.63, 3.8) is 0 Å². The van der Waals surface area contributed by atoms with Gasteiger partial charge in [0.05, 0.1) is 5.02 Å². The zero-order chi connectivity index (χ0) is 14.7. The number of hydrogen-bond donors (Lipinski definition) is 2. The molecule has 0 saturated heterocycles. The molecular formula is C14H11ClF2N2O. The van der Waals surface area contributed by atoms with Crippen LogP contribution in [0.2, 0.25) is 5.02 Å². The Bertz CT molecular complexity index is 662. The van der Waals surface area contributed by atoms with Crippen LogP contribution >= 0.6 is 11.6 Å². The third kappa shape index (κ3) is 3.05. The number of benzene rings is 2. The van der Waals surface area contributed by atoms with E-state index >= 15 is 0 Å². The molecule has 0 amide bonds. The molecule has 20 heavy (non-hydrogen) atoms. The molecule has 0 atom stereocenters. The van der Waals surface area contributed by atoms with Crippen molar-refractivity contribution in [1.29, 1.82) is 5.41 Å². The lowest BCUT2D eigenvalue weighted by molar-refractivity contribution is 0.297. The van der Waals surface area contributed by atoms with Crippen molar-refractivity contribution in [3.05, 3.63) is 64.2 Å². The van der Waals surface area contributed by atoms with Crippen LogP contribution in [0.15, 0.2) is 36.4 Å². The Balaban J connectivity index is 2.15. The number of ether oxygens (including phenoxy) is 1. The number of nitrogen functional groups attached to an aromatic ring is 1. The Hall–Kier alpha value is -2.14. The Morgan fingerprint density at radius 2 is 2.00 bits per heavy atom. The highest BCUT2D eigenvalue weighted by molar-refractivity contribution is 6.32. The number of hydrogen-bond acceptors (Lipinski definition) is 2. The first-order valence-electron chi connectivity index (χ1n) is 5.68. The lowest BCUT2D eigenvalue weighted by Gasteiger charge is -2.10. The average molecular weight is 297 g/mol. The second-order valence-electron chi connectivity index (χ2n) is 4.06. The molecule has 2 aromatic rings. The maximum absolute atomic E-state index is 13.4. The lowest BCUT2D eigenvalue weighted by Crippen LogP contribution is -2.10. The van der Waals surface area contributed by atoms with Crippen LogP contribution in [0.5, 0.6) is 5.75 Å². The molecule has 0 bridgehead atoms. The maximum Gasteiger partial charge on any atom is 0.165 e. The quantitative estimate of drug-likeness (QED) is 0.670. The molecule has 0 unspecified atom stereocenters. The standard InChI is InChI=1S/C14H11ClF2N2O/c15-10-6-8(14(18)19)4-5-12(10)20-7-9-2-1-3-11(16)13(9)17/h1-6H,7H2,(H3,18,19).